The molecule has 5 nitrogen and oxygen atoms in total. The molecule has 1 aromatic rings. The molecule has 2 N–H and O–H groups in total. The third-order valence-corrected chi connectivity index (χ3v) is 3.64. The van der Waals surface area contributed by atoms with Crippen molar-refractivity contribution in [3.8, 4) is 0 Å². The van der Waals surface area contributed by atoms with Crippen LogP contribution in [-0.4, -0.2) is 56.6 Å². The van der Waals surface area contributed by atoms with Crippen molar-refractivity contribution in [2.24, 2.45) is 0 Å². The molecule has 1 fully saturated rings. The predicted molar refractivity (Wildman–Crippen MR) is 87.9 cm³/mol. The molecule has 0 aliphatic carbocycles. The summed E-state index contributed by atoms with van der Waals surface area (Å²) in [6.07, 6.45) is 0. The molecular weight excluding hydrogens is 264 g/mol. The van der Waals surface area contributed by atoms with Crippen LogP contribution in [0.3, 0.4) is 0 Å². The summed E-state index contributed by atoms with van der Waals surface area (Å²) in [7, 11) is 2.16. The molecule has 0 spiro atoms. The van der Waals surface area contributed by atoms with Crippen LogP contribution < -0.4 is 15.5 Å². The highest BCUT2D eigenvalue weighted by molar-refractivity contribution is 5.81. The number of rotatable bonds is 5. The fourth-order valence-corrected chi connectivity index (χ4v) is 2.41. The molecule has 21 heavy (non-hydrogen) atoms. The largest absolute Gasteiger partial charge is 0.376 e. The van der Waals surface area contributed by atoms with E-state index in [2.05, 4.69) is 39.6 Å². The molecule has 1 amide bonds. The van der Waals surface area contributed by atoms with Crippen molar-refractivity contribution < 1.29 is 4.79 Å². The Hall–Kier alpha value is -1.75. The number of piperazine rings is 1. The van der Waals surface area contributed by atoms with E-state index in [9.17, 15) is 4.79 Å². The van der Waals surface area contributed by atoms with Gasteiger partial charge in [-0.25, -0.2) is 0 Å². The molecule has 1 aliphatic rings. The number of likely N-dealkylation sites (N-methyl/N-ethyl adjacent to an activating group) is 1. The summed E-state index contributed by atoms with van der Waals surface area (Å²) in [5, 5.41) is 6.01. The van der Waals surface area contributed by atoms with Crippen LogP contribution in [0.15, 0.2) is 24.3 Å². The van der Waals surface area contributed by atoms with Crippen molar-refractivity contribution >= 4 is 17.3 Å². The Kier molecular flexibility index (Phi) is 5.44. The highest BCUT2D eigenvalue weighted by Gasteiger charge is 2.13. The average Bonchev–Trinajstić information content (AvgIpc) is 2.46. The molecule has 1 heterocycles. The van der Waals surface area contributed by atoms with Gasteiger partial charge >= 0.3 is 0 Å². The van der Waals surface area contributed by atoms with E-state index >= 15 is 0 Å². The summed E-state index contributed by atoms with van der Waals surface area (Å²) in [4.78, 5) is 16.3. The topological polar surface area (TPSA) is 47.6 Å². The first-order chi connectivity index (χ1) is 10.0. The van der Waals surface area contributed by atoms with E-state index in [0.717, 1.165) is 31.9 Å². The standard InChI is InChI=1S/C16H26N4O/c1-13(2)18-16(21)12-17-14-4-6-15(7-5-14)20-10-8-19(3)9-11-20/h4-7,13,17H,8-12H2,1-3H3,(H,18,21). The van der Waals surface area contributed by atoms with Crippen molar-refractivity contribution in [3.63, 3.8) is 0 Å². The van der Waals surface area contributed by atoms with Crippen LogP contribution in [0.2, 0.25) is 0 Å². The number of amides is 1. The lowest BCUT2D eigenvalue weighted by molar-refractivity contribution is -0.119. The van der Waals surface area contributed by atoms with Crippen LogP contribution in [0.5, 0.6) is 0 Å². The maximum absolute atomic E-state index is 11.6. The third kappa shape index (κ3) is 4.93. The number of hydrogen-bond donors (Lipinski definition) is 2. The van der Waals surface area contributed by atoms with Gasteiger partial charge in [0.05, 0.1) is 6.54 Å². The molecule has 116 valence electrons. The summed E-state index contributed by atoms with van der Waals surface area (Å²) in [5.41, 5.74) is 2.23. The van der Waals surface area contributed by atoms with Crippen molar-refractivity contribution in [2.45, 2.75) is 19.9 Å². The molecule has 2 rings (SSSR count). The SMILES string of the molecule is CC(C)NC(=O)CNc1ccc(N2CCN(C)CC2)cc1. The van der Waals surface area contributed by atoms with Gasteiger partial charge in [-0.05, 0) is 45.2 Å². The number of carbonyl (C=O) groups excluding carboxylic acids is 1. The smallest absolute Gasteiger partial charge is 0.239 e. The van der Waals surface area contributed by atoms with Crippen LogP contribution in [-0.2, 0) is 4.79 Å². The third-order valence-electron chi connectivity index (χ3n) is 3.64. The first-order valence-electron chi connectivity index (χ1n) is 7.61. The highest BCUT2D eigenvalue weighted by Crippen LogP contribution is 2.19. The summed E-state index contributed by atoms with van der Waals surface area (Å²) >= 11 is 0. The zero-order chi connectivity index (χ0) is 15.2. The van der Waals surface area contributed by atoms with Gasteiger partial charge in [-0.15, -0.1) is 0 Å². The van der Waals surface area contributed by atoms with E-state index in [4.69, 9.17) is 0 Å². The van der Waals surface area contributed by atoms with Gasteiger partial charge < -0.3 is 20.4 Å². The quantitative estimate of drug-likeness (QED) is 0.860. The van der Waals surface area contributed by atoms with Gasteiger partial charge in [0.25, 0.3) is 0 Å². The van der Waals surface area contributed by atoms with Crippen LogP contribution in [0.4, 0.5) is 11.4 Å². The fraction of sp³-hybridized carbons (Fsp3) is 0.562. The first kappa shape index (κ1) is 15.6. The predicted octanol–water partition coefficient (Wildman–Crippen LogP) is 1.37. The fourth-order valence-electron chi connectivity index (χ4n) is 2.41. The maximum atomic E-state index is 11.6. The second-order valence-electron chi connectivity index (χ2n) is 5.91. The molecule has 0 aromatic heterocycles. The molecule has 0 radical (unpaired) electrons. The normalized spacial score (nSPS) is 16.1. The Morgan fingerprint density at radius 2 is 1.76 bits per heavy atom. The number of benzene rings is 1. The average molecular weight is 290 g/mol. The van der Waals surface area contributed by atoms with Gasteiger partial charge in [-0.3, -0.25) is 4.79 Å². The van der Waals surface area contributed by atoms with E-state index < -0.39 is 0 Å². The number of nitrogens with zero attached hydrogens (tertiary/aromatic N) is 2. The van der Waals surface area contributed by atoms with Crippen LogP contribution in [0.1, 0.15) is 13.8 Å². The Balaban J connectivity index is 1.83. The zero-order valence-corrected chi connectivity index (χ0v) is 13.2. The van der Waals surface area contributed by atoms with Crippen LogP contribution in [0, 0.1) is 0 Å². The highest BCUT2D eigenvalue weighted by atomic mass is 16.1. The Labute approximate surface area is 127 Å². The van der Waals surface area contributed by atoms with E-state index in [1.807, 2.05) is 26.0 Å². The summed E-state index contributed by atoms with van der Waals surface area (Å²) < 4.78 is 0. The second kappa shape index (κ2) is 7.31. The van der Waals surface area contributed by atoms with Gasteiger partial charge in [-0.2, -0.15) is 0 Å². The van der Waals surface area contributed by atoms with E-state index in [-0.39, 0.29) is 11.9 Å². The minimum absolute atomic E-state index is 0.0214. The van der Waals surface area contributed by atoms with Gasteiger partial charge in [0.2, 0.25) is 5.91 Å². The minimum atomic E-state index is 0.0214. The molecule has 1 saturated heterocycles. The van der Waals surface area contributed by atoms with E-state index in [1.165, 1.54) is 5.69 Å². The Bertz CT molecular complexity index is 450. The monoisotopic (exact) mass is 290 g/mol. The molecule has 0 unspecified atom stereocenters. The van der Waals surface area contributed by atoms with Gasteiger partial charge in [0.15, 0.2) is 0 Å². The molecule has 0 bridgehead atoms. The maximum Gasteiger partial charge on any atom is 0.239 e. The Morgan fingerprint density at radius 3 is 2.33 bits per heavy atom. The molecule has 1 aliphatic heterocycles. The molecule has 1 aromatic carbocycles. The number of anilines is 2. The number of hydrogen-bond acceptors (Lipinski definition) is 4. The molecule has 0 atom stereocenters. The lowest BCUT2D eigenvalue weighted by atomic mass is 10.2. The lowest BCUT2D eigenvalue weighted by Crippen LogP contribution is -2.44. The van der Waals surface area contributed by atoms with Crippen molar-refractivity contribution in [2.75, 3.05) is 50.0 Å². The van der Waals surface area contributed by atoms with E-state index in [1.54, 1.807) is 0 Å². The zero-order valence-electron chi connectivity index (χ0n) is 13.2. The lowest BCUT2D eigenvalue weighted by Gasteiger charge is -2.34. The molecular formula is C16H26N4O. The summed E-state index contributed by atoms with van der Waals surface area (Å²) in [6.45, 7) is 8.59. The van der Waals surface area contributed by atoms with Crippen LogP contribution in [0.25, 0.3) is 0 Å². The van der Waals surface area contributed by atoms with Crippen LogP contribution >= 0.6 is 0 Å². The minimum Gasteiger partial charge on any atom is -0.376 e. The van der Waals surface area contributed by atoms with Crippen molar-refractivity contribution in [1.82, 2.24) is 10.2 Å². The van der Waals surface area contributed by atoms with Crippen molar-refractivity contribution in [1.29, 1.82) is 0 Å². The Morgan fingerprint density at radius 1 is 1.14 bits per heavy atom. The molecule has 5 heteroatoms. The van der Waals surface area contributed by atoms with Gasteiger partial charge in [0, 0.05) is 43.6 Å². The number of carbonyl (C=O) groups is 1. The summed E-state index contributed by atoms with van der Waals surface area (Å²) in [6, 6.07) is 8.49. The van der Waals surface area contributed by atoms with E-state index in [0.29, 0.717) is 6.54 Å². The first-order valence-corrected chi connectivity index (χ1v) is 7.61. The summed E-state index contributed by atoms with van der Waals surface area (Å²) in [5.74, 6) is 0.0214. The number of nitrogens with one attached hydrogen (secondary N) is 2. The van der Waals surface area contributed by atoms with Gasteiger partial charge in [-0.1, -0.05) is 0 Å². The van der Waals surface area contributed by atoms with Gasteiger partial charge in [0.1, 0.15) is 0 Å². The van der Waals surface area contributed by atoms with Crippen molar-refractivity contribution in [3.05, 3.63) is 24.3 Å². The molecule has 0 saturated carbocycles. The second-order valence-corrected chi connectivity index (χ2v) is 5.91.